The number of anilines is 1. The van der Waals surface area contributed by atoms with Gasteiger partial charge in [-0.25, -0.2) is 0 Å². The zero-order valence-electron chi connectivity index (χ0n) is 15.3. The number of carbonyl (C=O) groups is 1. The smallest absolute Gasteiger partial charge is 0.248 e. The number of benzene rings is 2. The van der Waals surface area contributed by atoms with Crippen molar-refractivity contribution < 1.29 is 4.79 Å². The Morgan fingerprint density at radius 2 is 1.75 bits per heavy atom. The Labute approximate surface area is 145 Å². The normalized spacial score (nSPS) is 11.7. The molecule has 0 unspecified atom stereocenters. The topological polar surface area (TPSA) is 29.1 Å². The van der Waals surface area contributed by atoms with Gasteiger partial charge in [-0.05, 0) is 47.1 Å². The first kappa shape index (κ1) is 18.0. The second-order valence-corrected chi connectivity index (χ2v) is 7.16. The van der Waals surface area contributed by atoms with Crippen molar-refractivity contribution in [2.75, 3.05) is 5.32 Å². The van der Waals surface area contributed by atoms with Crippen LogP contribution in [0.2, 0.25) is 0 Å². The van der Waals surface area contributed by atoms with Gasteiger partial charge in [0, 0.05) is 11.8 Å². The summed E-state index contributed by atoms with van der Waals surface area (Å²) in [5.74, 6) is -0.0982. The van der Waals surface area contributed by atoms with E-state index in [0.717, 1.165) is 28.8 Å². The highest BCUT2D eigenvalue weighted by atomic mass is 16.1. The van der Waals surface area contributed by atoms with Crippen LogP contribution in [-0.4, -0.2) is 5.91 Å². The molecule has 1 N–H and O–H groups in total. The Kier molecular flexibility index (Phi) is 5.61. The van der Waals surface area contributed by atoms with E-state index in [1.54, 1.807) is 6.08 Å². The SMILES string of the molecule is CCc1cccc(C)c1NC(=O)/C=C/c1ccc(C(C)(C)C)cc1. The van der Waals surface area contributed by atoms with Gasteiger partial charge in [-0.2, -0.15) is 0 Å². The maximum absolute atomic E-state index is 12.2. The van der Waals surface area contributed by atoms with Crippen LogP contribution in [0, 0.1) is 6.92 Å². The first-order valence-electron chi connectivity index (χ1n) is 8.49. The fourth-order valence-corrected chi connectivity index (χ4v) is 2.63. The molecule has 0 atom stereocenters. The molecule has 0 saturated heterocycles. The number of rotatable bonds is 4. The van der Waals surface area contributed by atoms with Crippen molar-refractivity contribution in [1.82, 2.24) is 0 Å². The van der Waals surface area contributed by atoms with Crippen LogP contribution in [-0.2, 0) is 16.6 Å². The molecule has 0 aliphatic rings. The van der Waals surface area contributed by atoms with E-state index in [-0.39, 0.29) is 11.3 Å². The highest BCUT2D eigenvalue weighted by Gasteiger charge is 2.12. The van der Waals surface area contributed by atoms with Crippen molar-refractivity contribution in [3.05, 3.63) is 70.8 Å². The van der Waals surface area contributed by atoms with Gasteiger partial charge in [0.2, 0.25) is 5.91 Å². The fourth-order valence-electron chi connectivity index (χ4n) is 2.63. The maximum Gasteiger partial charge on any atom is 0.248 e. The van der Waals surface area contributed by atoms with E-state index in [0.29, 0.717) is 0 Å². The number of carbonyl (C=O) groups excluding carboxylic acids is 1. The third-order valence-electron chi connectivity index (χ3n) is 4.19. The molecule has 0 aliphatic carbocycles. The van der Waals surface area contributed by atoms with Gasteiger partial charge in [0.1, 0.15) is 0 Å². The van der Waals surface area contributed by atoms with Crippen molar-refractivity contribution in [3.8, 4) is 0 Å². The van der Waals surface area contributed by atoms with Gasteiger partial charge < -0.3 is 5.32 Å². The molecule has 2 nitrogen and oxygen atoms in total. The van der Waals surface area contributed by atoms with Gasteiger partial charge in [0.05, 0.1) is 0 Å². The van der Waals surface area contributed by atoms with Crippen molar-refractivity contribution in [2.45, 2.75) is 46.5 Å². The molecule has 0 aliphatic heterocycles. The molecule has 2 aromatic carbocycles. The van der Waals surface area contributed by atoms with E-state index in [1.165, 1.54) is 5.56 Å². The highest BCUT2D eigenvalue weighted by Crippen LogP contribution is 2.23. The summed E-state index contributed by atoms with van der Waals surface area (Å²) in [7, 11) is 0. The minimum Gasteiger partial charge on any atom is -0.322 e. The predicted octanol–water partition coefficient (Wildman–Crippen LogP) is 5.51. The second-order valence-electron chi connectivity index (χ2n) is 7.16. The lowest BCUT2D eigenvalue weighted by molar-refractivity contribution is -0.111. The molecule has 24 heavy (non-hydrogen) atoms. The largest absolute Gasteiger partial charge is 0.322 e. The monoisotopic (exact) mass is 321 g/mol. The molecule has 2 heteroatoms. The first-order valence-corrected chi connectivity index (χ1v) is 8.49. The highest BCUT2D eigenvalue weighted by molar-refractivity contribution is 6.02. The summed E-state index contributed by atoms with van der Waals surface area (Å²) in [5.41, 5.74) is 5.63. The van der Waals surface area contributed by atoms with Crippen LogP contribution in [0.3, 0.4) is 0 Å². The molecule has 0 spiro atoms. The predicted molar refractivity (Wildman–Crippen MR) is 103 cm³/mol. The van der Waals surface area contributed by atoms with Crippen molar-refractivity contribution >= 4 is 17.7 Å². The van der Waals surface area contributed by atoms with E-state index in [9.17, 15) is 4.79 Å². The Balaban J connectivity index is 2.09. The molecule has 0 heterocycles. The standard InChI is InChI=1S/C22H27NO/c1-6-18-9-7-8-16(2)21(18)23-20(24)15-12-17-10-13-19(14-11-17)22(3,4)5/h7-15H,6H2,1-5H3,(H,23,24)/b15-12+. The number of nitrogens with one attached hydrogen (secondary N) is 1. The average Bonchev–Trinajstić information content (AvgIpc) is 2.54. The molecule has 2 rings (SSSR count). The summed E-state index contributed by atoms with van der Waals surface area (Å²) < 4.78 is 0. The van der Waals surface area contributed by atoms with E-state index in [1.807, 2.05) is 25.1 Å². The fraction of sp³-hybridized carbons (Fsp3) is 0.318. The van der Waals surface area contributed by atoms with Crippen LogP contribution in [0.4, 0.5) is 5.69 Å². The lowest BCUT2D eigenvalue weighted by Crippen LogP contribution is -2.11. The van der Waals surface area contributed by atoms with Gasteiger partial charge in [0.25, 0.3) is 0 Å². The molecule has 1 amide bonds. The first-order chi connectivity index (χ1) is 11.3. The molecular formula is C22H27NO. The summed E-state index contributed by atoms with van der Waals surface area (Å²) in [4.78, 5) is 12.2. The summed E-state index contributed by atoms with van der Waals surface area (Å²) in [6, 6.07) is 14.4. The van der Waals surface area contributed by atoms with Crippen LogP contribution in [0.1, 0.15) is 49.9 Å². The van der Waals surface area contributed by atoms with Crippen molar-refractivity contribution in [3.63, 3.8) is 0 Å². The Morgan fingerprint density at radius 1 is 1.08 bits per heavy atom. The Morgan fingerprint density at radius 3 is 2.33 bits per heavy atom. The summed E-state index contributed by atoms with van der Waals surface area (Å²) in [6.45, 7) is 10.7. The Hall–Kier alpha value is -2.35. The molecule has 0 radical (unpaired) electrons. The van der Waals surface area contributed by atoms with E-state index in [4.69, 9.17) is 0 Å². The lowest BCUT2D eigenvalue weighted by atomic mass is 9.87. The van der Waals surface area contributed by atoms with Gasteiger partial charge in [-0.3, -0.25) is 4.79 Å². The number of aryl methyl sites for hydroxylation is 2. The van der Waals surface area contributed by atoms with Crippen LogP contribution in [0.5, 0.6) is 0 Å². The third kappa shape index (κ3) is 4.58. The van der Waals surface area contributed by atoms with Gasteiger partial charge >= 0.3 is 0 Å². The second kappa shape index (κ2) is 7.48. The molecule has 0 bridgehead atoms. The molecule has 126 valence electrons. The molecule has 0 saturated carbocycles. The van der Waals surface area contributed by atoms with Crippen LogP contribution < -0.4 is 5.32 Å². The Bertz CT molecular complexity index is 734. The molecule has 0 aromatic heterocycles. The van der Waals surface area contributed by atoms with E-state index >= 15 is 0 Å². The number of para-hydroxylation sites is 1. The number of hydrogen-bond donors (Lipinski definition) is 1. The quantitative estimate of drug-likeness (QED) is 0.739. The lowest BCUT2D eigenvalue weighted by Gasteiger charge is -2.18. The number of amides is 1. The zero-order chi connectivity index (χ0) is 17.7. The maximum atomic E-state index is 12.2. The van der Waals surface area contributed by atoms with Crippen LogP contribution >= 0.6 is 0 Å². The summed E-state index contributed by atoms with van der Waals surface area (Å²) in [5, 5.41) is 3.01. The van der Waals surface area contributed by atoms with Crippen LogP contribution in [0.15, 0.2) is 48.5 Å². The van der Waals surface area contributed by atoms with Crippen molar-refractivity contribution in [1.29, 1.82) is 0 Å². The molecular weight excluding hydrogens is 294 g/mol. The van der Waals surface area contributed by atoms with E-state index < -0.39 is 0 Å². The van der Waals surface area contributed by atoms with Gasteiger partial charge in [-0.1, -0.05) is 70.2 Å². The van der Waals surface area contributed by atoms with Crippen LogP contribution in [0.25, 0.3) is 6.08 Å². The van der Waals surface area contributed by atoms with Gasteiger partial charge in [0.15, 0.2) is 0 Å². The third-order valence-corrected chi connectivity index (χ3v) is 4.19. The summed E-state index contributed by atoms with van der Waals surface area (Å²) >= 11 is 0. The minimum absolute atomic E-state index is 0.0982. The van der Waals surface area contributed by atoms with Crippen molar-refractivity contribution in [2.24, 2.45) is 0 Å². The number of hydrogen-bond acceptors (Lipinski definition) is 1. The molecule has 0 fully saturated rings. The average molecular weight is 321 g/mol. The molecule has 2 aromatic rings. The summed E-state index contributed by atoms with van der Waals surface area (Å²) in [6.07, 6.45) is 4.35. The van der Waals surface area contributed by atoms with E-state index in [2.05, 4.69) is 63.3 Å². The van der Waals surface area contributed by atoms with Gasteiger partial charge in [-0.15, -0.1) is 0 Å². The minimum atomic E-state index is -0.0982. The zero-order valence-corrected chi connectivity index (χ0v) is 15.3.